The lowest BCUT2D eigenvalue weighted by molar-refractivity contribution is -0.144. The van der Waals surface area contributed by atoms with Crippen molar-refractivity contribution in [2.75, 3.05) is 6.61 Å². The van der Waals surface area contributed by atoms with Crippen LogP contribution in [-0.4, -0.2) is 17.1 Å². The van der Waals surface area contributed by atoms with E-state index in [4.69, 9.17) is 27.9 Å². The highest BCUT2D eigenvalue weighted by Crippen LogP contribution is 2.28. The number of carbonyl (C=O) groups is 1. The second kappa shape index (κ2) is 6.31. The monoisotopic (exact) mass is 299 g/mol. The molecule has 0 bridgehead atoms. The van der Waals surface area contributed by atoms with Crippen LogP contribution in [0, 0.1) is 0 Å². The molecule has 0 aliphatic carbocycles. The molecule has 3 nitrogen and oxygen atoms in total. The van der Waals surface area contributed by atoms with Gasteiger partial charge in [-0.25, -0.2) is 0 Å². The number of rotatable bonds is 5. The zero-order valence-corrected chi connectivity index (χ0v) is 12.2. The molecule has 5 heteroatoms. The summed E-state index contributed by atoms with van der Waals surface area (Å²) in [6.07, 6.45) is 3.70. The molecule has 0 spiro atoms. The highest BCUT2D eigenvalue weighted by molar-refractivity contribution is 6.38. The van der Waals surface area contributed by atoms with Gasteiger partial charge in [-0.1, -0.05) is 36.5 Å². The molecule has 0 atom stereocenters. The molecule has 0 radical (unpaired) electrons. The first-order valence-corrected chi connectivity index (χ1v) is 6.97. The quantitative estimate of drug-likeness (QED) is 0.609. The summed E-state index contributed by atoms with van der Waals surface area (Å²) in [5, 5.41) is 2.02. The lowest BCUT2D eigenvalue weighted by Gasteiger charge is -2.07. The van der Waals surface area contributed by atoms with Crippen molar-refractivity contribution < 1.29 is 9.53 Å². The van der Waals surface area contributed by atoms with Crippen molar-refractivity contribution in [2.45, 2.75) is 26.3 Å². The highest BCUT2D eigenvalue weighted by atomic mass is 35.5. The largest absolute Gasteiger partial charge is 0.464 e. The number of unbranched alkanes of at least 4 members (excludes halogenated alkanes) is 1. The van der Waals surface area contributed by atoms with Gasteiger partial charge in [0.1, 0.15) is 6.54 Å². The topological polar surface area (TPSA) is 31.2 Å². The number of fused-ring (bicyclic) bond motifs is 1. The van der Waals surface area contributed by atoms with Crippen LogP contribution in [0.15, 0.2) is 24.4 Å². The lowest BCUT2D eigenvalue weighted by Crippen LogP contribution is -2.13. The van der Waals surface area contributed by atoms with Crippen LogP contribution in [0.25, 0.3) is 10.9 Å². The van der Waals surface area contributed by atoms with Gasteiger partial charge in [0.15, 0.2) is 0 Å². The van der Waals surface area contributed by atoms with Crippen LogP contribution in [0.4, 0.5) is 0 Å². The Kier molecular flexibility index (Phi) is 4.72. The van der Waals surface area contributed by atoms with Crippen molar-refractivity contribution in [1.29, 1.82) is 0 Å². The van der Waals surface area contributed by atoms with Gasteiger partial charge in [0.05, 0.1) is 17.1 Å². The summed E-state index contributed by atoms with van der Waals surface area (Å²) in [6, 6.07) is 5.35. The fourth-order valence-corrected chi connectivity index (χ4v) is 2.42. The Bertz CT molecular complexity index is 592. The standard InChI is InChI=1S/C14H15Cl2NO2/c1-2-3-6-19-14(18)9-17-5-4-11-12(16)7-10(15)8-13(11)17/h4-5,7-8H,2-3,6,9H2,1H3. The van der Waals surface area contributed by atoms with Gasteiger partial charge in [0.2, 0.25) is 0 Å². The van der Waals surface area contributed by atoms with E-state index in [-0.39, 0.29) is 12.5 Å². The Labute approximate surface area is 122 Å². The number of aromatic nitrogens is 1. The third-order valence-electron chi connectivity index (χ3n) is 2.86. The zero-order valence-electron chi connectivity index (χ0n) is 10.7. The van der Waals surface area contributed by atoms with Gasteiger partial charge in [0, 0.05) is 16.6 Å². The average Bonchev–Trinajstić information content (AvgIpc) is 2.73. The molecular weight excluding hydrogens is 285 g/mol. The van der Waals surface area contributed by atoms with E-state index in [1.807, 2.05) is 12.3 Å². The highest BCUT2D eigenvalue weighted by Gasteiger charge is 2.10. The Morgan fingerprint density at radius 3 is 2.89 bits per heavy atom. The number of esters is 1. The molecule has 2 aromatic rings. The van der Waals surface area contributed by atoms with E-state index in [9.17, 15) is 4.79 Å². The first-order valence-electron chi connectivity index (χ1n) is 6.21. The Balaban J connectivity index is 2.15. The van der Waals surface area contributed by atoms with E-state index >= 15 is 0 Å². The molecule has 0 fully saturated rings. The Morgan fingerprint density at radius 1 is 1.37 bits per heavy atom. The van der Waals surface area contributed by atoms with Crippen LogP contribution in [0.1, 0.15) is 19.8 Å². The summed E-state index contributed by atoms with van der Waals surface area (Å²) in [5.41, 5.74) is 0.838. The van der Waals surface area contributed by atoms with Gasteiger partial charge in [-0.15, -0.1) is 0 Å². The second-order valence-corrected chi connectivity index (χ2v) is 5.18. The number of carbonyl (C=O) groups excluding carboxylic acids is 1. The maximum absolute atomic E-state index is 11.7. The molecule has 0 saturated carbocycles. The van der Waals surface area contributed by atoms with Crippen LogP contribution < -0.4 is 0 Å². The molecule has 19 heavy (non-hydrogen) atoms. The molecule has 1 heterocycles. The first-order chi connectivity index (χ1) is 9.11. The van der Waals surface area contributed by atoms with E-state index in [2.05, 4.69) is 6.92 Å². The average molecular weight is 300 g/mol. The molecule has 1 aromatic carbocycles. The summed E-state index contributed by atoms with van der Waals surface area (Å²) in [6.45, 7) is 2.69. The normalized spacial score (nSPS) is 10.9. The summed E-state index contributed by atoms with van der Waals surface area (Å²) in [4.78, 5) is 11.7. The van der Waals surface area contributed by atoms with E-state index in [1.165, 1.54) is 0 Å². The van der Waals surface area contributed by atoms with E-state index < -0.39 is 0 Å². The van der Waals surface area contributed by atoms with Gasteiger partial charge in [0.25, 0.3) is 0 Å². The molecule has 0 N–H and O–H groups in total. The van der Waals surface area contributed by atoms with Gasteiger partial charge in [-0.05, 0) is 24.6 Å². The number of hydrogen-bond donors (Lipinski definition) is 0. The maximum atomic E-state index is 11.7. The number of ether oxygens (including phenoxy) is 1. The molecule has 0 saturated heterocycles. The molecule has 0 amide bonds. The Hall–Kier alpha value is -1.19. The van der Waals surface area contributed by atoms with Gasteiger partial charge >= 0.3 is 5.97 Å². The first kappa shape index (κ1) is 14.2. The van der Waals surface area contributed by atoms with E-state index in [0.717, 1.165) is 23.7 Å². The molecule has 2 rings (SSSR count). The van der Waals surface area contributed by atoms with E-state index in [0.29, 0.717) is 16.7 Å². The second-order valence-electron chi connectivity index (χ2n) is 4.34. The predicted octanol–water partition coefficient (Wildman–Crippen LogP) is 4.29. The van der Waals surface area contributed by atoms with E-state index in [1.54, 1.807) is 16.7 Å². The van der Waals surface area contributed by atoms with Gasteiger partial charge in [-0.3, -0.25) is 4.79 Å². The Morgan fingerprint density at radius 2 is 2.16 bits per heavy atom. The lowest BCUT2D eigenvalue weighted by atomic mass is 10.2. The summed E-state index contributed by atoms with van der Waals surface area (Å²) < 4.78 is 6.93. The van der Waals surface area contributed by atoms with Crippen molar-refractivity contribution in [2.24, 2.45) is 0 Å². The summed E-state index contributed by atoms with van der Waals surface area (Å²) in [5.74, 6) is -0.248. The third kappa shape index (κ3) is 3.43. The van der Waals surface area contributed by atoms with Crippen LogP contribution >= 0.6 is 23.2 Å². The van der Waals surface area contributed by atoms with Gasteiger partial charge < -0.3 is 9.30 Å². The van der Waals surface area contributed by atoms with Gasteiger partial charge in [-0.2, -0.15) is 0 Å². The number of nitrogens with zero attached hydrogens (tertiary/aromatic N) is 1. The summed E-state index contributed by atoms with van der Waals surface area (Å²) >= 11 is 12.1. The molecule has 0 aliphatic heterocycles. The fraction of sp³-hybridized carbons (Fsp3) is 0.357. The van der Waals surface area contributed by atoms with Crippen molar-refractivity contribution in [1.82, 2.24) is 4.57 Å². The van der Waals surface area contributed by atoms with Crippen LogP contribution in [0.3, 0.4) is 0 Å². The van der Waals surface area contributed by atoms with Crippen molar-refractivity contribution in [3.8, 4) is 0 Å². The molecule has 1 aromatic heterocycles. The molecule has 102 valence electrons. The van der Waals surface area contributed by atoms with Crippen molar-refractivity contribution >= 4 is 40.1 Å². The van der Waals surface area contributed by atoms with Crippen LogP contribution in [0.5, 0.6) is 0 Å². The predicted molar refractivity (Wildman–Crippen MR) is 77.8 cm³/mol. The number of halogens is 2. The van der Waals surface area contributed by atoms with Crippen LogP contribution in [0.2, 0.25) is 10.0 Å². The fourth-order valence-electron chi connectivity index (χ4n) is 1.87. The van der Waals surface area contributed by atoms with Crippen LogP contribution in [-0.2, 0) is 16.1 Å². The minimum Gasteiger partial charge on any atom is -0.464 e. The molecular formula is C14H15Cl2NO2. The SMILES string of the molecule is CCCCOC(=O)Cn1ccc2c(Cl)cc(Cl)cc21. The smallest absolute Gasteiger partial charge is 0.325 e. The number of hydrogen-bond acceptors (Lipinski definition) is 2. The number of benzene rings is 1. The zero-order chi connectivity index (χ0) is 13.8. The maximum Gasteiger partial charge on any atom is 0.325 e. The minimum absolute atomic E-state index is 0.171. The summed E-state index contributed by atoms with van der Waals surface area (Å²) in [7, 11) is 0. The molecule has 0 unspecified atom stereocenters. The third-order valence-corrected chi connectivity index (χ3v) is 3.39. The van der Waals surface area contributed by atoms with Crippen molar-refractivity contribution in [3.63, 3.8) is 0 Å². The molecule has 0 aliphatic rings. The minimum atomic E-state index is -0.248. The van der Waals surface area contributed by atoms with Crippen molar-refractivity contribution in [3.05, 3.63) is 34.4 Å².